The fraction of sp³-hybridized carbons (Fsp3) is 0.400. The molecule has 0 aliphatic heterocycles. The highest BCUT2D eigenvalue weighted by molar-refractivity contribution is 8.01. The molecule has 0 saturated carbocycles. The molecular formula is C15H19N3O2S2. The van der Waals surface area contributed by atoms with E-state index < -0.39 is 5.60 Å². The van der Waals surface area contributed by atoms with Crippen LogP contribution in [0, 0.1) is 0 Å². The molecule has 118 valence electrons. The quantitative estimate of drug-likeness (QED) is 0.642. The van der Waals surface area contributed by atoms with Crippen molar-refractivity contribution in [2.75, 3.05) is 11.1 Å². The van der Waals surface area contributed by atoms with E-state index in [-0.39, 0.29) is 11.7 Å². The van der Waals surface area contributed by atoms with Gasteiger partial charge in [-0.25, -0.2) is 0 Å². The number of thioether (sulfide) groups is 1. The second kappa shape index (κ2) is 7.60. The summed E-state index contributed by atoms with van der Waals surface area (Å²) in [6.45, 7) is 6.26. The number of ether oxygens (including phenoxy) is 1. The van der Waals surface area contributed by atoms with Crippen LogP contribution >= 0.6 is 23.1 Å². The fourth-order valence-electron chi connectivity index (χ4n) is 1.60. The molecule has 0 bridgehead atoms. The van der Waals surface area contributed by atoms with Gasteiger partial charge in [0.15, 0.2) is 4.34 Å². The molecule has 0 radical (unpaired) electrons. The van der Waals surface area contributed by atoms with Gasteiger partial charge in [-0.1, -0.05) is 53.4 Å². The summed E-state index contributed by atoms with van der Waals surface area (Å²) in [5.74, 6) is -0.00332. The smallest absolute Gasteiger partial charge is 0.316 e. The third-order valence-electron chi connectivity index (χ3n) is 2.43. The summed E-state index contributed by atoms with van der Waals surface area (Å²) < 4.78 is 6.00. The maximum atomic E-state index is 11.6. The van der Waals surface area contributed by atoms with Gasteiger partial charge in [-0.2, -0.15) is 0 Å². The highest BCUT2D eigenvalue weighted by atomic mass is 32.2. The minimum Gasteiger partial charge on any atom is -0.459 e. The molecule has 0 atom stereocenters. The summed E-state index contributed by atoms with van der Waals surface area (Å²) in [4.78, 5) is 11.6. The maximum absolute atomic E-state index is 11.6. The van der Waals surface area contributed by atoms with Crippen LogP contribution < -0.4 is 5.32 Å². The number of benzene rings is 1. The van der Waals surface area contributed by atoms with Crippen LogP contribution in [-0.4, -0.2) is 27.5 Å². The number of carbonyl (C=O) groups excluding carboxylic acids is 1. The lowest BCUT2D eigenvalue weighted by atomic mass is 10.2. The van der Waals surface area contributed by atoms with Gasteiger partial charge in [0.2, 0.25) is 5.13 Å². The fourth-order valence-corrected chi connectivity index (χ4v) is 3.13. The minimum absolute atomic E-state index is 0.241. The third kappa shape index (κ3) is 6.03. The molecule has 0 fully saturated rings. The molecule has 1 N–H and O–H groups in total. The molecule has 0 aliphatic rings. The van der Waals surface area contributed by atoms with Crippen LogP contribution in [0.5, 0.6) is 0 Å². The molecule has 22 heavy (non-hydrogen) atoms. The van der Waals surface area contributed by atoms with Crippen LogP contribution in [0.25, 0.3) is 0 Å². The Morgan fingerprint density at radius 2 is 2.00 bits per heavy atom. The maximum Gasteiger partial charge on any atom is 0.316 e. The van der Waals surface area contributed by atoms with Crippen molar-refractivity contribution in [1.82, 2.24) is 10.2 Å². The minimum atomic E-state index is -0.457. The molecule has 1 aromatic carbocycles. The molecule has 0 unspecified atom stereocenters. The predicted molar refractivity (Wildman–Crippen MR) is 90.2 cm³/mol. The van der Waals surface area contributed by atoms with E-state index in [0.717, 1.165) is 9.47 Å². The molecule has 1 heterocycles. The second-order valence-electron chi connectivity index (χ2n) is 5.59. The van der Waals surface area contributed by atoms with Gasteiger partial charge in [0.05, 0.1) is 5.75 Å². The Balaban J connectivity index is 1.78. The van der Waals surface area contributed by atoms with Gasteiger partial charge in [-0.05, 0) is 26.3 Å². The molecule has 0 saturated heterocycles. The Labute approximate surface area is 138 Å². The van der Waals surface area contributed by atoms with Crippen molar-refractivity contribution in [3.63, 3.8) is 0 Å². The first-order valence-corrected chi connectivity index (χ1v) is 8.68. The molecule has 5 nitrogen and oxygen atoms in total. The summed E-state index contributed by atoms with van der Waals surface area (Å²) in [5.41, 5.74) is 0.724. The number of esters is 1. The SMILES string of the molecule is CC(C)(C)OC(=O)CSc1nnc(NCc2ccccc2)s1. The molecule has 2 rings (SSSR count). The molecule has 7 heteroatoms. The Morgan fingerprint density at radius 1 is 1.27 bits per heavy atom. The molecular weight excluding hydrogens is 318 g/mol. The molecule has 0 amide bonds. The summed E-state index contributed by atoms with van der Waals surface area (Å²) in [6, 6.07) is 10.1. The number of hydrogen-bond acceptors (Lipinski definition) is 7. The van der Waals surface area contributed by atoms with E-state index in [1.54, 1.807) is 0 Å². The van der Waals surface area contributed by atoms with Crippen LogP contribution in [0.1, 0.15) is 26.3 Å². The van der Waals surface area contributed by atoms with Crippen molar-refractivity contribution >= 4 is 34.2 Å². The zero-order valence-electron chi connectivity index (χ0n) is 12.8. The van der Waals surface area contributed by atoms with E-state index in [1.165, 1.54) is 28.7 Å². The van der Waals surface area contributed by atoms with E-state index >= 15 is 0 Å². The lowest BCUT2D eigenvalue weighted by Gasteiger charge is -2.18. The summed E-state index contributed by atoms with van der Waals surface area (Å²) in [7, 11) is 0. The van der Waals surface area contributed by atoms with Gasteiger partial charge in [0, 0.05) is 6.54 Å². The highest BCUT2D eigenvalue weighted by Crippen LogP contribution is 2.26. The monoisotopic (exact) mass is 337 g/mol. The van der Waals surface area contributed by atoms with Gasteiger partial charge in [0.25, 0.3) is 0 Å². The molecule has 2 aromatic rings. The van der Waals surface area contributed by atoms with Crippen molar-refractivity contribution in [3.05, 3.63) is 35.9 Å². The molecule has 1 aromatic heterocycles. The van der Waals surface area contributed by atoms with Crippen molar-refractivity contribution in [1.29, 1.82) is 0 Å². The van der Waals surface area contributed by atoms with Crippen LogP contribution in [0.15, 0.2) is 34.7 Å². The average Bonchev–Trinajstić information content (AvgIpc) is 2.90. The van der Waals surface area contributed by atoms with E-state index in [4.69, 9.17) is 4.74 Å². The van der Waals surface area contributed by atoms with Gasteiger partial charge in [-0.15, -0.1) is 10.2 Å². The number of nitrogens with zero attached hydrogens (tertiary/aromatic N) is 2. The number of carbonyl (C=O) groups is 1. The van der Waals surface area contributed by atoms with Crippen LogP contribution in [-0.2, 0) is 16.1 Å². The van der Waals surface area contributed by atoms with Gasteiger partial charge < -0.3 is 10.1 Å². The van der Waals surface area contributed by atoms with Crippen LogP contribution in [0.4, 0.5) is 5.13 Å². The zero-order chi connectivity index (χ0) is 16.0. The third-order valence-corrected chi connectivity index (χ3v) is 4.41. The van der Waals surface area contributed by atoms with Crippen LogP contribution in [0.2, 0.25) is 0 Å². The number of rotatable bonds is 6. The highest BCUT2D eigenvalue weighted by Gasteiger charge is 2.17. The molecule has 0 spiro atoms. The lowest BCUT2D eigenvalue weighted by Crippen LogP contribution is -2.24. The standard InChI is InChI=1S/C15H19N3O2S2/c1-15(2,3)20-12(19)10-21-14-18-17-13(22-14)16-9-11-7-5-4-6-8-11/h4-8H,9-10H2,1-3H3,(H,16,17). The van der Waals surface area contributed by atoms with Gasteiger partial charge >= 0.3 is 5.97 Å². The normalized spacial score (nSPS) is 11.2. The number of aromatic nitrogens is 2. The Hall–Kier alpha value is -1.60. The van der Waals surface area contributed by atoms with E-state index in [1.807, 2.05) is 51.1 Å². The van der Waals surface area contributed by atoms with Gasteiger partial charge in [-0.3, -0.25) is 4.79 Å². The van der Waals surface area contributed by atoms with Crippen molar-refractivity contribution in [2.45, 2.75) is 37.3 Å². The first-order valence-electron chi connectivity index (χ1n) is 6.88. The zero-order valence-corrected chi connectivity index (χ0v) is 14.5. The van der Waals surface area contributed by atoms with Gasteiger partial charge in [0.1, 0.15) is 5.60 Å². The molecule has 0 aliphatic carbocycles. The van der Waals surface area contributed by atoms with E-state index in [9.17, 15) is 4.79 Å². The second-order valence-corrected chi connectivity index (χ2v) is 7.79. The Bertz CT molecular complexity index is 609. The van der Waals surface area contributed by atoms with Crippen molar-refractivity contribution in [3.8, 4) is 0 Å². The van der Waals surface area contributed by atoms with E-state index in [0.29, 0.717) is 6.54 Å². The summed E-state index contributed by atoms with van der Waals surface area (Å²) >= 11 is 2.78. The Morgan fingerprint density at radius 3 is 2.68 bits per heavy atom. The largest absolute Gasteiger partial charge is 0.459 e. The topological polar surface area (TPSA) is 64.1 Å². The van der Waals surface area contributed by atoms with E-state index in [2.05, 4.69) is 15.5 Å². The first-order chi connectivity index (χ1) is 10.4. The summed E-state index contributed by atoms with van der Waals surface area (Å²) in [6.07, 6.45) is 0. The van der Waals surface area contributed by atoms with Crippen LogP contribution in [0.3, 0.4) is 0 Å². The summed E-state index contributed by atoms with van der Waals surface area (Å²) in [5, 5.41) is 12.1. The number of hydrogen-bond donors (Lipinski definition) is 1. The lowest BCUT2D eigenvalue weighted by molar-refractivity contribution is -0.151. The van der Waals surface area contributed by atoms with Crippen molar-refractivity contribution < 1.29 is 9.53 Å². The number of nitrogens with one attached hydrogen (secondary N) is 1. The van der Waals surface area contributed by atoms with Crippen molar-refractivity contribution in [2.24, 2.45) is 0 Å². The predicted octanol–water partition coefficient (Wildman–Crippen LogP) is 3.58. The Kier molecular flexibility index (Phi) is 5.79. The first kappa shape index (κ1) is 16.8. The number of anilines is 1. The average molecular weight is 337 g/mol.